The van der Waals surface area contributed by atoms with Crippen LogP contribution < -0.4 is 5.32 Å². The number of carboxylic acid groups (broad SMARTS) is 1. The van der Waals surface area contributed by atoms with Crippen molar-refractivity contribution in [1.82, 2.24) is 9.97 Å². The van der Waals surface area contributed by atoms with E-state index in [1.165, 1.54) is 11.8 Å². The van der Waals surface area contributed by atoms with E-state index in [1.807, 2.05) is 27.0 Å². The molecule has 0 aliphatic heterocycles. The van der Waals surface area contributed by atoms with E-state index in [1.54, 1.807) is 6.20 Å². The number of nitrogens with one attached hydrogen (secondary N) is 1. The molecule has 0 aliphatic carbocycles. The highest BCUT2D eigenvalue weighted by atomic mass is 32.2. The van der Waals surface area contributed by atoms with Crippen molar-refractivity contribution in [3.8, 4) is 0 Å². The van der Waals surface area contributed by atoms with Crippen LogP contribution in [0.1, 0.15) is 26.3 Å². The lowest BCUT2D eigenvalue weighted by Crippen LogP contribution is -2.28. The van der Waals surface area contributed by atoms with Crippen molar-refractivity contribution in [3.05, 3.63) is 11.8 Å². The molecule has 1 heterocycles. The first-order valence-electron chi connectivity index (χ1n) is 5.21. The third-order valence-electron chi connectivity index (χ3n) is 1.86. The highest BCUT2D eigenvalue weighted by molar-refractivity contribution is 7.98. The molecule has 1 rings (SSSR count). The largest absolute Gasteiger partial charge is 0.481 e. The number of aliphatic carboxylic acids is 1. The van der Waals surface area contributed by atoms with Crippen molar-refractivity contribution in [2.75, 3.05) is 11.6 Å². The van der Waals surface area contributed by atoms with E-state index in [9.17, 15) is 4.79 Å². The van der Waals surface area contributed by atoms with Gasteiger partial charge in [-0.1, -0.05) is 11.8 Å². The van der Waals surface area contributed by atoms with E-state index in [0.717, 1.165) is 0 Å². The minimum atomic E-state index is -0.887. The summed E-state index contributed by atoms with van der Waals surface area (Å²) in [4.78, 5) is 19.1. The Labute approximate surface area is 105 Å². The van der Waals surface area contributed by atoms with Gasteiger partial charge in [-0.25, -0.2) is 9.97 Å². The normalized spacial score (nSPS) is 11.3. The number of aromatic nitrogens is 2. The zero-order valence-electron chi connectivity index (χ0n) is 10.4. The van der Waals surface area contributed by atoms with Gasteiger partial charge in [0.05, 0.1) is 6.42 Å². The van der Waals surface area contributed by atoms with Crippen molar-refractivity contribution in [3.63, 3.8) is 0 Å². The Morgan fingerprint density at radius 2 is 2.18 bits per heavy atom. The lowest BCUT2D eigenvalue weighted by atomic mass is 10.1. The summed E-state index contributed by atoms with van der Waals surface area (Å²) in [6, 6.07) is 0. The summed E-state index contributed by atoms with van der Waals surface area (Å²) in [5.41, 5.74) is 0.433. The van der Waals surface area contributed by atoms with Crippen LogP contribution in [-0.2, 0) is 11.2 Å². The predicted molar refractivity (Wildman–Crippen MR) is 68.5 cm³/mol. The van der Waals surface area contributed by atoms with Crippen LogP contribution in [0.15, 0.2) is 11.4 Å². The molecule has 0 aliphatic rings. The number of carbonyl (C=O) groups is 1. The Balaban J connectivity index is 3.07. The van der Waals surface area contributed by atoms with Crippen LogP contribution in [0.2, 0.25) is 0 Å². The van der Waals surface area contributed by atoms with Crippen molar-refractivity contribution in [2.24, 2.45) is 0 Å². The summed E-state index contributed by atoms with van der Waals surface area (Å²) in [6.45, 7) is 6.00. The third-order valence-corrected chi connectivity index (χ3v) is 2.42. The molecule has 1 aromatic heterocycles. The van der Waals surface area contributed by atoms with Gasteiger partial charge in [-0.05, 0) is 27.0 Å². The summed E-state index contributed by atoms with van der Waals surface area (Å²) in [7, 11) is 0. The first-order valence-corrected chi connectivity index (χ1v) is 6.44. The maximum Gasteiger partial charge on any atom is 0.308 e. The molecular formula is C11H17N3O2S. The minimum absolute atomic E-state index is 0.0763. The quantitative estimate of drug-likeness (QED) is 0.633. The second-order valence-electron chi connectivity index (χ2n) is 4.68. The van der Waals surface area contributed by atoms with Gasteiger partial charge in [-0.2, -0.15) is 0 Å². The Morgan fingerprint density at radius 3 is 2.65 bits per heavy atom. The van der Waals surface area contributed by atoms with Crippen molar-refractivity contribution in [1.29, 1.82) is 0 Å². The van der Waals surface area contributed by atoms with Crippen LogP contribution in [0.4, 0.5) is 5.82 Å². The zero-order valence-corrected chi connectivity index (χ0v) is 11.3. The molecule has 0 amide bonds. The summed E-state index contributed by atoms with van der Waals surface area (Å²) >= 11 is 1.43. The van der Waals surface area contributed by atoms with Gasteiger partial charge in [0.25, 0.3) is 0 Å². The van der Waals surface area contributed by atoms with Crippen LogP contribution >= 0.6 is 11.8 Å². The maximum absolute atomic E-state index is 10.8. The molecule has 0 spiro atoms. The monoisotopic (exact) mass is 255 g/mol. The average Bonchev–Trinajstić information content (AvgIpc) is 2.17. The molecule has 0 radical (unpaired) electrons. The van der Waals surface area contributed by atoms with Crippen LogP contribution in [0.3, 0.4) is 0 Å². The molecule has 0 bridgehead atoms. The molecular weight excluding hydrogens is 238 g/mol. The number of rotatable bonds is 4. The number of thioether (sulfide) groups is 1. The van der Waals surface area contributed by atoms with Crippen molar-refractivity contribution < 1.29 is 9.90 Å². The molecule has 0 fully saturated rings. The van der Waals surface area contributed by atoms with Gasteiger partial charge in [-0.15, -0.1) is 0 Å². The Kier molecular flexibility index (Phi) is 4.34. The lowest BCUT2D eigenvalue weighted by Gasteiger charge is -2.23. The summed E-state index contributed by atoms with van der Waals surface area (Å²) in [5.74, 6) is -0.290. The van der Waals surface area contributed by atoms with Gasteiger partial charge in [0.15, 0.2) is 5.16 Å². The second-order valence-corrected chi connectivity index (χ2v) is 5.45. The number of anilines is 1. The Bertz CT molecular complexity index is 416. The highest BCUT2D eigenvalue weighted by Crippen LogP contribution is 2.20. The maximum atomic E-state index is 10.8. The highest BCUT2D eigenvalue weighted by Gasteiger charge is 2.16. The fraction of sp³-hybridized carbons (Fsp3) is 0.545. The summed E-state index contributed by atoms with van der Waals surface area (Å²) < 4.78 is 0. The fourth-order valence-corrected chi connectivity index (χ4v) is 1.59. The molecule has 6 heteroatoms. The molecule has 0 saturated heterocycles. The van der Waals surface area contributed by atoms with Crippen molar-refractivity contribution >= 4 is 23.5 Å². The zero-order chi connectivity index (χ0) is 13.1. The number of hydrogen-bond acceptors (Lipinski definition) is 5. The predicted octanol–water partition coefficient (Wildman–Crippen LogP) is 2.04. The van der Waals surface area contributed by atoms with Crippen LogP contribution in [0, 0.1) is 0 Å². The van der Waals surface area contributed by atoms with E-state index in [4.69, 9.17) is 5.11 Å². The lowest BCUT2D eigenvalue weighted by molar-refractivity contribution is -0.136. The summed E-state index contributed by atoms with van der Waals surface area (Å²) in [5, 5.41) is 12.7. The van der Waals surface area contributed by atoms with Crippen molar-refractivity contribution in [2.45, 2.75) is 37.9 Å². The topological polar surface area (TPSA) is 75.1 Å². The number of carboxylic acids is 1. The van der Waals surface area contributed by atoms with Gasteiger partial charge in [0.1, 0.15) is 5.82 Å². The van der Waals surface area contributed by atoms with E-state index in [0.29, 0.717) is 16.5 Å². The number of hydrogen-bond donors (Lipinski definition) is 2. The molecule has 0 aromatic carbocycles. The molecule has 0 atom stereocenters. The Morgan fingerprint density at radius 1 is 1.53 bits per heavy atom. The molecule has 0 saturated carbocycles. The van der Waals surface area contributed by atoms with Gasteiger partial charge < -0.3 is 10.4 Å². The van der Waals surface area contributed by atoms with E-state index in [2.05, 4.69) is 15.3 Å². The fourth-order valence-electron chi connectivity index (χ4n) is 1.24. The first-order chi connectivity index (χ1) is 7.81. The number of nitrogens with zero attached hydrogens (tertiary/aromatic N) is 2. The Hall–Kier alpha value is -1.30. The molecule has 17 heavy (non-hydrogen) atoms. The van der Waals surface area contributed by atoms with Gasteiger partial charge in [-0.3, -0.25) is 4.79 Å². The van der Waals surface area contributed by atoms with Gasteiger partial charge in [0.2, 0.25) is 0 Å². The molecule has 2 N–H and O–H groups in total. The van der Waals surface area contributed by atoms with E-state index >= 15 is 0 Å². The van der Waals surface area contributed by atoms with E-state index < -0.39 is 5.97 Å². The second kappa shape index (κ2) is 5.35. The van der Waals surface area contributed by atoms with E-state index in [-0.39, 0.29) is 12.0 Å². The molecule has 94 valence electrons. The van der Waals surface area contributed by atoms with Crippen LogP contribution in [-0.4, -0.2) is 32.8 Å². The molecule has 5 nitrogen and oxygen atoms in total. The van der Waals surface area contributed by atoms with Gasteiger partial charge in [0, 0.05) is 17.3 Å². The molecule has 1 aromatic rings. The van der Waals surface area contributed by atoms with Gasteiger partial charge >= 0.3 is 5.97 Å². The smallest absolute Gasteiger partial charge is 0.308 e. The standard InChI is InChI=1S/C11H17N3O2S/c1-11(2,3)14-9-7(5-8(15)16)6-12-10(13-9)17-4/h6H,5H2,1-4H3,(H,15,16)(H,12,13,14). The van der Waals surface area contributed by atoms with Crippen LogP contribution in [0.25, 0.3) is 0 Å². The van der Waals surface area contributed by atoms with Crippen LogP contribution in [0.5, 0.6) is 0 Å². The minimum Gasteiger partial charge on any atom is -0.481 e. The summed E-state index contributed by atoms with van der Waals surface area (Å²) in [6.07, 6.45) is 3.38. The SMILES string of the molecule is CSc1ncc(CC(=O)O)c(NC(C)(C)C)n1. The third kappa shape index (κ3) is 4.60. The first kappa shape index (κ1) is 13.8. The average molecular weight is 255 g/mol. The molecule has 0 unspecified atom stereocenters.